The standard InChI is InChI=1S/C10H8N2.3ClH.Co/c1-3-7-11-9(5-1)10-6-2-4-8-12-10;;;;/h1-8H;3*1H;/q;;;;+3/p-3. The summed E-state index contributed by atoms with van der Waals surface area (Å²) in [5.74, 6) is 0. The first kappa shape index (κ1) is 13.7. The summed E-state index contributed by atoms with van der Waals surface area (Å²) in [4.78, 5) is 8.37. The van der Waals surface area contributed by atoms with Crippen LogP contribution >= 0.6 is 30.4 Å². The zero-order chi connectivity index (χ0) is 11.8. The van der Waals surface area contributed by atoms with Gasteiger partial charge in [-0.15, -0.1) is 0 Å². The van der Waals surface area contributed by atoms with Crippen molar-refractivity contribution >= 4 is 30.4 Å². The van der Waals surface area contributed by atoms with Crippen LogP contribution in [-0.2, 0) is 10.9 Å². The van der Waals surface area contributed by atoms with E-state index in [1.54, 1.807) is 12.4 Å². The largest absolute Gasteiger partial charge is 0.255 e. The van der Waals surface area contributed by atoms with Crippen LogP contribution in [0.4, 0.5) is 0 Å². The third kappa shape index (κ3) is 5.68. The molecule has 2 heterocycles. The van der Waals surface area contributed by atoms with Gasteiger partial charge in [-0.25, -0.2) is 0 Å². The second-order valence-corrected chi connectivity index (χ2v) is 7.73. The van der Waals surface area contributed by atoms with Crippen LogP contribution < -0.4 is 0 Å². The van der Waals surface area contributed by atoms with Gasteiger partial charge in [0.15, 0.2) is 0 Å². The van der Waals surface area contributed by atoms with Gasteiger partial charge in [0, 0.05) is 12.4 Å². The third-order valence-electron chi connectivity index (χ3n) is 1.59. The molecule has 0 aromatic carbocycles. The predicted octanol–water partition coefficient (Wildman–Crippen LogP) is 4.21. The van der Waals surface area contributed by atoms with Gasteiger partial charge < -0.3 is 0 Å². The maximum atomic E-state index is 4.87. The minimum Gasteiger partial charge on any atom is -0.255 e. The van der Waals surface area contributed by atoms with Crippen LogP contribution in [0.1, 0.15) is 0 Å². The molecule has 2 rings (SSSR count). The molecule has 0 aliphatic carbocycles. The number of halogens is 3. The molecule has 0 N–H and O–H groups in total. The molecule has 6 heteroatoms. The second kappa shape index (κ2) is 7.87. The molecule has 0 spiro atoms. The predicted molar refractivity (Wildman–Crippen MR) is 65.0 cm³/mol. The summed E-state index contributed by atoms with van der Waals surface area (Å²) in [5.41, 5.74) is 1.83. The van der Waals surface area contributed by atoms with Crippen molar-refractivity contribution in [2.45, 2.75) is 0 Å². The molecule has 0 unspecified atom stereocenters. The molecule has 0 saturated heterocycles. The molecule has 0 aliphatic rings. The van der Waals surface area contributed by atoms with Gasteiger partial charge in [0.25, 0.3) is 0 Å². The van der Waals surface area contributed by atoms with E-state index in [0.717, 1.165) is 11.4 Å². The maximum Gasteiger partial charge on any atom is 0.0886 e. The summed E-state index contributed by atoms with van der Waals surface area (Å²) in [5, 5.41) is 0. The SMILES string of the molecule is [Cl][Co]([Cl])[Cl].c1ccc(-c2ccccn2)nc1. The van der Waals surface area contributed by atoms with Crippen molar-refractivity contribution in [1.29, 1.82) is 0 Å². The van der Waals surface area contributed by atoms with Crippen molar-refractivity contribution < 1.29 is 10.9 Å². The first-order valence-corrected chi connectivity index (χ1v) is 8.47. The smallest absolute Gasteiger partial charge is 0.0886 e. The molecule has 2 nitrogen and oxygen atoms in total. The van der Waals surface area contributed by atoms with Crippen LogP contribution in [0.25, 0.3) is 11.4 Å². The minimum atomic E-state index is -1.19. The van der Waals surface area contributed by atoms with Gasteiger partial charge in [0.05, 0.1) is 11.4 Å². The van der Waals surface area contributed by atoms with Gasteiger partial charge in [0.2, 0.25) is 0 Å². The van der Waals surface area contributed by atoms with E-state index in [4.69, 9.17) is 30.4 Å². The van der Waals surface area contributed by atoms with Crippen LogP contribution in [-0.4, -0.2) is 9.97 Å². The topological polar surface area (TPSA) is 25.8 Å². The number of hydrogen-bond donors (Lipinski definition) is 0. The normalized spacial score (nSPS) is 10.1. The number of nitrogens with zero attached hydrogens (tertiary/aromatic N) is 2. The van der Waals surface area contributed by atoms with Gasteiger partial charge in [-0.1, -0.05) is 12.1 Å². The fourth-order valence-electron chi connectivity index (χ4n) is 1.03. The summed E-state index contributed by atoms with van der Waals surface area (Å²) in [7, 11) is 13.4. The molecule has 88 valence electrons. The summed E-state index contributed by atoms with van der Waals surface area (Å²) in [6.07, 6.45) is 3.54. The van der Waals surface area contributed by atoms with E-state index in [1.807, 2.05) is 36.4 Å². The van der Waals surface area contributed by atoms with E-state index in [9.17, 15) is 0 Å². The van der Waals surface area contributed by atoms with E-state index >= 15 is 0 Å². The van der Waals surface area contributed by atoms with E-state index in [-0.39, 0.29) is 0 Å². The number of aromatic nitrogens is 2. The van der Waals surface area contributed by atoms with Crippen molar-refractivity contribution in [1.82, 2.24) is 9.97 Å². The van der Waals surface area contributed by atoms with Gasteiger partial charge in [-0.2, -0.15) is 0 Å². The Labute approximate surface area is 111 Å². The number of rotatable bonds is 1. The Morgan fingerprint density at radius 3 is 1.38 bits per heavy atom. The first-order valence-electron chi connectivity index (χ1n) is 4.17. The molecule has 2 aromatic rings. The summed E-state index contributed by atoms with van der Waals surface area (Å²) < 4.78 is 0. The molecule has 0 bridgehead atoms. The average Bonchev–Trinajstić information content (AvgIpc) is 2.31. The van der Waals surface area contributed by atoms with Crippen LogP contribution in [0.5, 0.6) is 0 Å². The average molecular weight is 321 g/mol. The van der Waals surface area contributed by atoms with Crippen molar-refractivity contribution in [2.75, 3.05) is 0 Å². The molecular formula is C10H8Cl3CoN2. The van der Waals surface area contributed by atoms with Gasteiger partial charge in [-0.05, 0) is 24.3 Å². The maximum absolute atomic E-state index is 4.87. The molecule has 0 aliphatic heterocycles. The van der Waals surface area contributed by atoms with Crippen molar-refractivity contribution in [3.05, 3.63) is 48.8 Å². The Morgan fingerprint density at radius 1 is 0.750 bits per heavy atom. The van der Waals surface area contributed by atoms with E-state index in [1.165, 1.54) is 0 Å². The van der Waals surface area contributed by atoms with Crippen LogP contribution in [0, 0.1) is 0 Å². The molecule has 2 aromatic heterocycles. The number of hydrogen-bond acceptors (Lipinski definition) is 2. The fourth-order valence-corrected chi connectivity index (χ4v) is 1.03. The minimum absolute atomic E-state index is 0.915. The summed E-state index contributed by atoms with van der Waals surface area (Å²) in [6, 6.07) is 11.6. The molecule has 16 heavy (non-hydrogen) atoms. The van der Waals surface area contributed by atoms with Crippen LogP contribution in [0.3, 0.4) is 0 Å². The first-order chi connectivity index (χ1) is 7.70. The van der Waals surface area contributed by atoms with Crippen molar-refractivity contribution in [3.8, 4) is 11.4 Å². The zero-order valence-electron chi connectivity index (χ0n) is 7.98. The molecule has 0 fully saturated rings. The molecular weight excluding hydrogens is 313 g/mol. The summed E-state index contributed by atoms with van der Waals surface area (Å²) in [6.45, 7) is 0. The number of pyridine rings is 2. The van der Waals surface area contributed by atoms with Crippen LogP contribution in [0.2, 0.25) is 0 Å². The molecule has 0 radical (unpaired) electrons. The van der Waals surface area contributed by atoms with Crippen molar-refractivity contribution in [2.24, 2.45) is 0 Å². The van der Waals surface area contributed by atoms with Gasteiger partial charge in [0.1, 0.15) is 0 Å². The zero-order valence-corrected chi connectivity index (χ0v) is 11.3. The molecule has 0 saturated carbocycles. The Hall–Kier alpha value is -0.324. The Morgan fingerprint density at radius 2 is 1.12 bits per heavy atom. The molecule has 0 amide bonds. The van der Waals surface area contributed by atoms with E-state index in [0.29, 0.717) is 0 Å². The van der Waals surface area contributed by atoms with Gasteiger partial charge >= 0.3 is 41.4 Å². The summed E-state index contributed by atoms with van der Waals surface area (Å²) >= 11 is 0. The Balaban J connectivity index is 0.000000280. The van der Waals surface area contributed by atoms with Crippen molar-refractivity contribution in [3.63, 3.8) is 0 Å². The van der Waals surface area contributed by atoms with E-state index in [2.05, 4.69) is 9.97 Å². The Kier molecular flexibility index (Phi) is 6.76. The third-order valence-corrected chi connectivity index (χ3v) is 1.59. The van der Waals surface area contributed by atoms with Crippen LogP contribution in [0.15, 0.2) is 48.8 Å². The fraction of sp³-hybridized carbons (Fsp3) is 0. The van der Waals surface area contributed by atoms with Gasteiger partial charge in [-0.3, -0.25) is 9.97 Å². The monoisotopic (exact) mass is 320 g/mol. The van der Waals surface area contributed by atoms with E-state index < -0.39 is 10.9 Å². The quantitative estimate of drug-likeness (QED) is 0.786. The second-order valence-electron chi connectivity index (χ2n) is 2.57. The Bertz CT molecular complexity index is 357. The molecule has 0 atom stereocenters.